The molecule has 1 heterocycles. The van der Waals surface area contributed by atoms with Crippen LogP contribution in [0.15, 0.2) is 60.7 Å². The molecule has 0 saturated heterocycles. The Hall–Kier alpha value is -3.49. The van der Waals surface area contributed by atoms with Crippen molar-refractivity contribution in [1.29, 1.82) is 0 Å². The lowest BCUT2D eigenvalue weighted by Crippen LogP contribution is -2.16. The molecule has 0 unspecified atom stereocenters. The van der Waals surface area contributed by atoms with Gasteiger partial charge in [-0.2, -0.15) is 5.10 Å². The highest BCUT2D eigenvalue weighted by atomic mass is 35.5. The molecule has 0 atom stereocenters. The Morgan fingerprint density at radius 3 is 2.47 bits per heavy atom. The molecule has 34 heavy (non-hydrogen) atoms. The molecule has 9 heteroatoms. The van der Waals surface area contributed by atoms with Crippen molar-refractivity contribution in [3.63, 3.8) is 0 Å². The molecule has 7 nitrogen and oxygen atoms in total. The van der Waals surface area contributed by atoms with Gasteiger partial charge in [-0.1, -0.05) is 53.6 Å². The topological polar surface area (TPSA) is 73.3 Å². The van der Waals surface area contributed by atoms with E-state index in [1.807, 2.05) is 42.5 Å². The van der Waals surface area contributed by atoms with E-state index in [9.17, 15) is 0 Å². The second-order valence-corrected chi connectivity index (χ2v) is 8.39. The molecule has 0 radical (unpaired) electrons. The van der Waals surface area contributed by atoms with Gasteiger partial charge in [0.1, 0.15) is 12.4 Å². The number of aromatic amines is 1. The Balaban J connectivity index is 1.53. The van der Waals surface area contributed by atoms with Crippen molar-refractivity contribution in [2.24, 2.45) is 0 Å². The summed E-state index contributed by atoms with van der Waals surface area (Å²) in [5.41, 5.74) is 7.16. The first-order valence-electron chi connectivity index (χ1n) is 10.6. The third kappa shape index (κ3) is 5.18. The molecule has 2 N–H and O–H groups in total. The van der Waals surface area contributed by atoms with Gasteiger partial charge in [0.25, 0.3) is 0 Å². The minimum atomic E-state index is 0.378. The lowest BCUT2D eigenvalue weighted by atomic mass is 10.1. The molecular weight excluding hydrogens is 472 g/mol. The summed E-state index contributed by atoms with van der Waals surface area (Å²) in [4.78, 5) is 0. The Labute approximate surface area is 208 Å². The lowest BCUT2D eigenvalue weighted by molar-refractivity contribution is 0.284. The number of aromatic nitrogens is 3. The summed E-state index contributed by atoms with van der Waals surface area (Å²) in [6, 6.07) is 19.4. The monoisotopic (exact) mass is 496 g/mol. The minimum absolute atomic E-state index is 0.378. The average Bonchev–Trinajstić information content (AvgIpc) is 3.22. The van der Waals surface area contributed by atoms with Crippen LogP contribution in [0.5, 0.6) is 17.2 Å². The van der Waals surface area contributed by atoms with E-state index in [0.29, 0.717) is 46.0 Å². The Kier molecular flexibility index (Phi) is 7.40. The van der Waals surface area contributed by atoms with Gasteiger partial charge < -0.3 is 19.6 Å². The van der Waals surface area contributed by atoms with Crippen molar-refractivity contribution in [2.75, 3.05) is 19.6 Å². The van der Waals surface area contributed by atoms with Crippen LogP contribution in [0.25, 0.3) is 11.4 Å². The molecule has 0 aliphatic heterocycles. The zero-order valence-corrected chi connectivity index (χ0v) is 20.7. The number of methoxy groups -OCH3 is 2. The zero-order chi connectivity index (χ0) is 24.1. The summed E-state index contributed by atoms with van der Waals surface area (Å²) in [6.07, 6.45) is 0. The van der Waals surface area contributed by atoms with E-state index in [-0.39, 0.29) is 0 Å². The standard InChI is InChI=1S/C25H25ClN4O3S/c1-16-8-10-17(11-9-16)15-33-23-13-20(26)18(12-22(23)32-3)14-27-30-24(28-29-25(30)34)19-6-4-5-7-21(19)31-2/h4-13,27H,14-15H2,1-3H3,(H,29,34). The van der Waals surface area contributed by atoms with Gasteiger partial charge >= 0.3 is 0 Å². The molecule has 4 rings (SSSR count). The van der Waals surface area contributed by atoms with Crippen LogP contribution in [0.2, 0.25) is 5.02 Å². The fourth-order valence-corrected chi connectivity index (χ4v) is 3.87. The highest BCUT2D eigenvalue weighted by Crippen LogP contribution is 2.34. The normalized spacial score (nSPS) is 10.7. The van der Waals surface area contributed by atoms with Crippen LogP contribution >= 0.6 is 23.8 Å². The maximum atomic E-state index is 6.59. The Bertz CT molecular complexity index is 1330. The molecule has 3 aromatic carbocycles. The van der Waals surface area contributed by atoms with Gasteiger partial charge in [0.15, 0.2) is 17.3 Å². The first-order chi connectivity index (χ1) is 16.5. The summed E-state index contributed by atoms with van der Waals surface area (Å²) in [7, 11) is 3.22. The van der Waals surface area contributed by atoms with Gasteiger partial charge in [-0.25, -0.2) is 9.77 Å². The molecule has 0 amide bonds. The lowest BCUT2D eigenvalue weighted by Gasteiger charge is -2.16. The average molecular weight is 497 g/mol. The molecule has 176 valence electrons. The van der Waals surface area contributed by atoms with E-state index >= 15 is 0 Å². The molecule has 0 aliphatic carbocycles. The number of nitrogens with zero attached hydrogens (tertiary/aromatic N) is 2. The van der Waals surface area contributed by atoms with E-state index in [2.05, 4.69) is 34.7 Å². The predicted octanol–water partition coefficient (Wildman–Crippen LogP) is 5.91. The van der Waals surface area contributed by atoms with E-state index < -0.39 is 0 Å². The molecule has 0 bridgehead atoms. The second-order valence-electron chi connectivity index (χ2n) is 7.59. The molecular formula is C25H25ClN4O3S. The molecule has 1 aromatic heterocycles. The summed E-state index contributed by atoms with van der Waals surface area (Å²) in [5.74, 6) is 2.46. The van der Waals surface area contributed by atoms with E-state index in [1.54, 1.807) is 25.0 Å². The largest absolute Gasteiger partial charge is 0.496 e. The van der Waals surface area contributed by atoms with Gasteiger partial charge in [0.05, 0.1) is 26.3 Å². The second kappa shape index (κ2) is 10.6. The van der Waals surface area contributed by atoms with Crippen molar-refractivity contribution in [3.8, 4) is 28.6 Å². The van der Waals surface area contributed by atoms with Gasteiger partial charge in [-0.15, -0.1) is 0 Å². The van der Waals surface area contributed by atoms with Gasteiger partial charge in [0, 0.05) is 11.1 Å². The van der Waals surface area contributed by atoms with Gasteiger partial charge in [0.2, 0.25) is 4.77 Å². The van der Waals surface area contributed by atoms with E-state index in [4.69, 9.17) is 38.0 Å². The molecule has 4 aromatic rings. The number of aryl methyl sites for hydroxylation is 1. The number of hydrogen-bond acceptors (Lipinski definition) is 6. The van der Waals surface area contributed by atoms with Crippen molar-refractivity contribution in [1.82, 2.24) is 14.9 Å². The maximum absolute atomic E-state index is 6.59. The van der Waals surface area contributed by atoms with Crippen LogP contribution in [-0.4, -0.2) is 29.1 Å². The molecule has 0 fully saturated rings. The van der Waals surface area contributed by atoms with Crippen LogP contribution in [-0.2, 0) is 13.2 Å². The summed E-state index contributed by atoms with van der Waals surface area (Å²) < 4.78 is 19.1. The first kappa shape index (κ1) is 23.7. The number of para-hydroxylation sites is 1. The zero-order valence-electron chi connectivity index (χ0n) is 19.1. The number of hydrogen-bond donors (Lipinski definition) is 2. The fourth-order valence-electron chi connectivity index (χ4n) is 3.45. The van der Waals surface area contributed by atoms with Crippen LogP contribution in [0, 0.1) is 11.7 Å². The number of H-pyrrole nitrogens is 1. The number of rotatable bonds is 9. The van der Waals surface area contributed by atoms with Crippen LogP contribution in [0.4, 0.5) is 0 Å². The summed E-state index contributed by atoms with van der Waals surface area (Å²) >= 11 is 12.0. The Morgan fingerprint density at radius 1 is 1.00 bits per heavy atom. The van der Waals surface area contributed by atoms with Crippen molar-refractivity contribution < 1.29 is 14.2 Å². The maximum Gasteiger partial charge on any atom is 0.214 e. The van der Waals surface area contributed by atoms with Crippen molar-refractivity contribution >= 4 is 23.8 Å². The number of ether oxygens (including phenoxy) is 3. The Morgan fingerprint density at radius 2 is 1.74 bits per heavy atom. The third-order valence-corrected chi connectivity index (χ3v) is 5.92. The van der Waals surface area contributed by atoms with Gasteiger partial charge in [-0.05, 0) is 48.5 Å². The SMILES string of the molecule is COc1cc(CNn2c(-c3ccccc3OC)n[nH]c2=S)c(Cl)cc1OCc1ccc(C)cc1. The van der Waals surface area contributed by atoms with Crippen molar-refractivity contribution in [3.05, 3.63) is 87.1 Å². The first-order valence-corrected chi connectivity index (χ1v) is 11.4. The van der Waals surface area contributed by atoms with Crippen molar-refractivity contribution in [2.45, 2.75) is 20.1 Å². The van der Waals surface area contributed by atoms with Crippen LogP contribution < -0.4 is 19.6 Å². The highest BCUT2D eigenvalue weighted by molar-refractivity contribution is 7.71. The number of nitrogens with one attached hydrogen (secondary N) is 2. The number of halogens is 1. The molecule has 0 spiro atoms. The number of benzene rings is 3. The summed E-state index contributed by atoms with van der Waals surface area (Å²) in [6.45, 7) is 2.84. The molecule has 0 aliphatic rings. The van der Waals surface area contributed by atoms with Crippen LogP contribution in [0.3, 0.4) is 0 Å². The van der Waals surface area contributed by atoms with E-state index in [0.717, 1.165) is 16.7 Å². The van der Waals surface area contributed by atoms with Crippen LogP contribution in [0.1, 0.15) is 16.7 Å². The highest BCUT2D eigenvalue weighted by Gasteiger charge is 2.15. The van der Waals surface area contributed by atoms with Gasteiger partial charge in [-0.3, -0.25) is 0 Å². The quantitative estimate of drug-likeness (QED) is 0.281. The van der Waals surface area contributed by atoms with E-state index in [1.165, 1.54) is 5.56 Å². The fraction of sp³-hybridized carbons (Fsp3) is 0.200. The summed E-state index contributed by atoms with van der Waals surface area (Å²) in [5, 5.41) is 7.73. The third-order valence-electron chi connectivity index (χ3n) is 5.30. The smallest absolute Gasteiger partial charge is 0.214 e. The molecule has 0 saturated carbocycles. The predicted molar refractivity (Wildman–Crippen MR) is 136 cm³/mol. The minimum Gasteiger partial charge on any atom is -0.496 e.